The van der Waals surface area contributed by atoms with Crippen LogP contribution in [0.3, 0.4) is 0 Å². The van der Waals surface area contributed by atoms with Crippen molar-refractivity contribution in [1.82, 2.24) is 9.36 Å². The molecule has 0 bridgehead atoms. The molecule has 92 valence electrons. The quantitative estimate of drug-likeness (QED) is 0.860. The van der Waals surface area contributed by atoms with Gasteiger partial charge in [-0.25, -0.2) is 4.98 Å². The van der Waals surface area contributed by atoms with E-state index in [1.165, 1.54) is 11.5 Å². The molecule has 0 aliphatic rings. The summed E-state index contributed by atoms with van der Waals surface area (Å²) in [6.07, 6.45) is 1.05. The molecule has 0 amide bonds. The lowest BCUT2D eigenvalue weighted by atomic mass is 9.96. The summed E-state index contributed by atoms with van der Waals surface area (Å²) >= 11 is 1.42. The topological polar surface area (TPSA) is 49.2 Å². The lowest BCUT2D eigenvalue weighted by Crippen LogP contribution is -2.27. The summed E-state index contributed by atoms with van der Waals surface area (Å²) < 4.78 is 4.38. The monoisotopic (exact) mass is 243 g/mol. The number of aliphatic hydroxyl groups is 1. The standard InChI is InChI=1S/C11H21N3OS/c1-5-6-14(7-8-15)10-12-9(13-16-10)11(2,3)4/h15H,5-8H2,1-4H3. The van der Waals surface area contributed by atoms with Crippen molar-refractivity contribution in [1.29, 1.82) is 0 Å². The Bertz CT molecular complexity index is 313. The van der Waals surface area contributed by atoms with Gasteiger partial charge in [-0.1, -0.05) is 27.7 Å². The van der Waals surface area contributed by atoms with Crippen molar-refractivity contribution in [3.05, 3.63) is 5.82 Å². The summed E-state index contributed by atoms with van der Waals surface area (Å²) in [5, 5.41) is 9.92. The first-order valence-electron chi connectivity index (χ1n) is 5.69. The summed E-state index contributed by atoms with van der Waals surface area (Å²) in [6.45, 7) is 10.1. The number of aliphatic hydroxyl groups excluding tert-OH is 1. The van der Waals surface area contributed by atoms with Gasteiger partial charge in [0.25, 0.3) is 0 Å². The van der Waals surface area contributed by atoms with Crippen LogP contribution < -0.4 is 4.90 Å². The number of anilines is 1. The molecule has 0 unspecified atom stereocenters. The largest absolute Gasteiger partial charge is 0.395 e. The van der Waals surface area contributed by atoms with Crippen LogP contribution in [0, 0.1) is 0 Å². The van der Waals surface area contributed by atoms with E-state index in [0.717, 1.165) is 23.9 Å². The van der Waals surface area contributed by atoms with Crippen LogP contribution in [0.5, 0.6) is 0 Å². The van der Waals surface area contributed by atoms with Gasteiger partial charge in [0.15, 0.2) is 0 Å². The summed E-state index contributed by atoms with van der Waals surface area (Å²) in [7, 11) is 0. The van der Waals surface area contributed by atoms with Gasteiger partial charge in [-0.05, 0) is 6.42 Å². The zero-order valence-electron chi connectivity index (χ0n) is 10.5. The summed E-state index contributed by atoms with van der Waals surface area (Å²) in [6, 6.07) is 0. The van der Waals surface area contributed by atoms with E-state index in [2.05, 4.69) is 42.0 Å². The van der Waals surface area contributed by atoms with Gasteiger partial charge < -0.3 is 10.0 Å². The summed E-state index contributed by atoms with van der Waals surface area (Å²) in [5.41, 5.74) is -0.00809. The fourth-order valence-corrected chi connectivity index (χ4v) is 2.25. The van der Waals surface area contributed by atoms with Crippen molar-refractivity contribution in [3.63, 3.8) is 0 Å². The van der Waals surface area contributed by atoms with E-state index in [9.17, 15) is 0 Å². The van der Waals surface area contributed by atoms with Gasteiger partial charge in [-0.15, -0.1) is 0 Å². The molecule has 0 aliphatic carbocycles. The van der Waals surface area contributed by atoms with Gasteiger partial charge in [0.05, 0.1) is 6.61 Å². The minimum atomic E-state index is -0.00809. The normalized spacial score (nSPS) is 11.8. The number of hydrogen-bond donors (Lipinski definition) is 1. The molecule has 0 fully saturated rings. The molecule has 0 atom stereocenters. The van der Waals surface area contributed by atoms with Gasteiger partial charge in [0, 0.05) is 30.0 Å². The molecule has 0 saturated heterocycles. The molecule has 1 rings (SSSR count). The fourth-order valence-electron chi connectivity index (χ4n) is 1.34. The van der Waals surface area contributed by atoms with Crippen LogP contribution in [0.1, 0.15) is 39.9 Å². The molecule has 0 aliphatic heterocycles. The summed E-state index contributed by atoms with van der Waals surface area (Å²) in [4.78, 5) is 6.63. The van der Waals surface area contributed by atoms with Crippen molar-refractivity contribution in [2.24, 2.45) is 0 Å². The van der Waals surface area contributed by atoms with Crippen LogP contribution in [0.2, 0.25) is 0 Å². The maximum Gasteiger partial charge on any atom is 0.205 e. The molecule has 1 aromatic rings. The lowest BCUT2D eigenvalue weighted by Gasteiger charge is -2.19. The van der Waals surface area contributed by atoms with Crippen LogP contribution in [-0.4, -0.2) is 34.2 Å². The fraction of sp³-hybridized carbons (Fsp3) is 0.818. The molecular formula is C11H21N3OS. The molecule has 1 aromatic heterocycles. The average Bonchev–Trinajstić information content (AvgIpc) is 2.65. The smallest absolute Gasteiger partial charge is 0.205 e. The van der Waals surface area contributed by atoms with E-state index in [-0.39, 0.29) is 12.0 Å². The van der Waals surface area contributed by atoms with Gasteiger partial charge in [0.2, 0.25) is 5.13 Å². The summed E-state index contributed by atoms with van der Waals surface area (Å²) in [5.74, 6) is 0.881. The van der Waals surface area contributed by atoms with Crippen LogP contribution in [0.4, 0.5) is 5.13 Å². The van der Waals surface area contributed by atoms with E-state index >= 15 is 0 Å². The first-order chi connectivity index (χ1) is 7.49. The Morgan fingerprint density at radius 2 is 2.00 bits per heavy atom. The van der Waals surface area contributed by atoms with E-state index in [4.69, 9.17) is 5.11 Å². The molecule has 1 heterocycles. The lowest BCUT2D eigenvalue weighted by molar-refractivity contribution is 0.301. The molecular weight excluding hydrogens is 222 g/mol. The second kappa shape index (κ2) is 5.59. The van der Waals surface area contributed by atoms with Crippen molar-refractivity contribution in [3.8, 4) is 0 Å². The highest BCUT2D eigenvalue weighted by atomic mass is 32.1. The predicted molar refractivity (Wildman–Crippen MR) is 68.2 cm³/mol. The predicted octanol–water partition coefficient (Wildman–Crippen LogP) is 2.04. The van der Waals surface area contributed by atoms with Crippen LogP contribution >= 0.6 is 11.5 Å². The third-order valence-electron chi connectivity index (χ3n) is 2.22. The van der Waals surface area contributed by atoms with E-state index < -0.39 is 0 Å². The number of hydrogen-bond acceptors (Lipinski definition) is 5. The highest BCUT2D eigenvalue weighted by Crippen LogP contribution is 2.25. The van der Waals surface area contributed by atoms with E-state index in [0.29, 0.717) is 6.54 Å². The van der Waals surface area contributed by atoms with Gasteiger partial charge in [-0.3, -0.25) is 0 Å². The molecule has 0 aromatic carbocycles. The van der Waals surface area contributed by atoms with Crippen LogP contribution in [-0.2, 0) is 5.41 Å². The minimum Gasteiger partial charge on any atom is -0.395 e. The second-order valence-corrected chi connectivity index (χ2v) is 5.59. The molecule has 4 nitrogen and oxygen atoms in total. The second-order valence-electron chi connectivity index (χ2n) is 4.86. The Labute approximate surface area is 101 Å². The maximum atomic E-state index is 9.01. The number of rotatable bonds is 5. The number of nitrogens with zero attached hydrogens (tertiary/aromatic N) is 3. The third-order valence-corrected chi connectivity index (χ3v) is 3.00. The molecule has 16 heavy (non-hydrogen) atoms. The van der Waals surface area contributed by atoms with Crippen molar-refractivity contribution in [2.45, 2.75) is 39.5 Å². The first-order valence-corrected chi connectivity index (χ1v) is 6.46. The highest BCUT2D eigenvalue weighted by molar-refractivity contribution is 7.09. The van der Waals surface area contributed by atoms with Crippen LogP contribution in [0.25, 0.3) is 0 Å². The van der Waals surface area contributed by atoms with Gasteiger partial charge in [0.1, 0.15) is 5.82 Å². The Morgan fingerprint density at radius 3 is 2.44 bits per heavy atom. The Kier molecular flexibility index (Phi) is 4.68. The highest BCUT2D eigenvalue weighted by Gasteiger charge is 2.21. The molecule has 5 heteroatoms. The Balaban J connectivity index is 2.81. The van der Waals surface area contributed by atoms with Crippen molar-refractivity contribution < 1.29 is 5.11 Å². The van der Waals surface area contributed by atoms with Crippen molar-refractivity contribution >= 4 is 16.7 Å². The first kappa shape index (κ1) is 13.4. The molecule has 0 spiro atoms. The molecule has 0 saturated carbocycles. The SMILES string of the molecule is CCCN(CCO)c1nc(C(C)(C)C)ns1. The minimum absolute atomic E-state index is 0.00809. The van der Waals surface area contributed by atoms with Gasteiger partial charge in [-0.2, -0.15) is 4.37 Å². The molecule has 1 N–H and O–H groups in total. The zero-order chi connectivity index (χ0) is 12.2. The number of aromatic nitrogens is 2. The third kappa shape index (κ3) is 3.42. The van der Waals surface area contributed by atoms with E-state index in [1.54, 1.807) is 0 Å². The Hall–Kier alpha value is -0.680. The zero-order valence-corrected chi connectivity index (χ0v) is 11.3. The van der Waals surface area contributed by atoms with E-state index in [1.807, 2.05) is 0 Å². The van der Waals surface area contributed by atoms with Gasteiger partial charge >= 0.3 is 0 Å². The van der Waals surface area contributed by atoms with Crippen molar-refractivity contribution in [2.75, 3.05) is 24.6 Å². The van der Waals surface area contributed by atoms with Crippen LogP contribution in [0.15, 0.2) is 0 Å². The average molecular weight is 243 g/mol. The molecule has 0 radical (unpaired) electrons. The maximum absolute atomic E-state index is 9.01. The Morgan fingerprint density at radius 1 is 1.31 bits per heavy atom.